The summed E-state index contributed by atoms with van der Waals surface area (Å²) in [5.74, 6) is 0. The number of benzene rings is 1. The molecule has 0 spiro atoms. The lowest BCUT2D eigenvalue weighted by Crippen LogP contribution is -2.25. The van der Waals surface area contributed by atoms with E-state index in [1.807, 2.05) is 30.3 Å². The van der Waals surface area contributed by atoms with Crippen LogP contribution in [0.5, 0.6) is 0 Å². The van der Waals surface area contributed by atoms with Gasteiger partial charge in [-0.3, -0.25) is 0 Å². The van der Waals surface area contributed by atoms with E-state index in [9.17, 15) is 5.11 Å². The zero-order valence-electron chi connectivity index (χ0n) is 9.57. The van der Waals surface area contributed by atoms with Gasteiger partial charge < -0.3 is 9.84 Å². The Morgan fingerprint density at radius 2 is 2.08 bits per heavy atom. The third-order valence-electron chi connectivity index (χ3n) is 1.48. The van der Waals surface area contributed by atoms with Gasteiger partial charge in [-0.25, -0.2) is 0 Å². The fourth-order valence-corrected chi connectivity index (χ4v) is 0.933. The average Bonchev–Trinajstić information content (AvgIpc) is 2.30. The highest BCUT2D eigenvalue weighted by Gasteiger charge is 2.11. The van der Waals surface area contributed by atoms with Crippen LogP contribution in [0, 0.1) is 0 Å². The fourth-order valence-electron chi connectivity index (χ4n) is 0.933. The van der Waals surface area contributed by atoms with Crippen molar-refractivity contribution in [3.8, 4) is 0 Å². The first-order valence-corrected chi connectivity index (χ1v) is 4.13. The molecule has 0 atom stereocenters. The van der Waals surface area contributed by atoms with Crippen molar-refractivity contribution in [3.05, 3.63) is 35.9 Å². The zero-order valence-corrected chi connectivity index (χ0v) is 7.57. The van der Waals surface area contributed by atoms with E-state index < -0.39 is 5.60 Å². The van der Waals surface area contributed by atoms with Gasteiger partial charge in [-0.1, -0.05) is 30.3 Å². The van der Waals surface area contributed by atoms with Gasteiger partial charge in [0.05, 0.1) is 18.8 Å². The molecule has 0 heterocycles. The molecular weight excluding hydrogens is 164 g/mol. The van der Waals surface area contributed by atoms with E-state index in [1.165, 1.54) is 0 Å². The number of hydrogen-bond acceptors (Lipinski definition) is 2. The molecule has 0 amide bonds. The monoisotopic (exact) mass is 182 g/mol. The van der Waals surface area contributed by atoms with Crippen LogP contribution >= 0.6 is 0 Å². The smallest absolute Gasteiger partial charge is 0.0824 e. The first kappa shape index (κ1) is 7.54. The van der Waals surface area contributed by atoms with Gasteiger partial charge >= 0.3 is 0 Å². The van der Waals surface area contributed by atoms with Crippen molar-refractivity contribution < 1.29 is 12.6 Å². The topological polar surface area (TPSA) is 29.5 Å². The molecule has 0 fully saturated rings. The molecule has 0 bridgehead atoms. The van der Waals surface area contributed by atoms with E-state index in [2.05, 4.69) is 0 Å². The van der Waals surface area contributed by atoms with Crippen molar-refractivity contribution in [1.82, 2.24) is 0 Å². The maximum Gasteiger partial charge on any atom is 0.0824 e. The Morgan fingerprint density at radius 1 is 1.38 bits per heavy atom. The molecule has 13 heavy (non-hydrogen) atoms. The van der Waals surface area contributed by atoms with Gasteiger partial charge in [0.2, 0.25) is 0 Å². The van der Waals surface area contributed by atoms with Crippen molar-refractivity contribution in [2.24, 2.45) is 0 Å². The summed E-state index contributed by atoms with van der Waals surface area (Å²) in [6, 6.07) is 9.62. The summed E-state index contributed by atoms with van der Waals surface area (Å²) >= 11 is 0. The summed E-state index contributed by atoms with van der Waals surface area (Å²) in [5.41, 5.74) is -0.302. The molecule has 1 aromatic carbocycles. The third kappa shape index (κ3) is 4.65. The van der Waals surface area contributed by atoms with Gasteiger partial charge in [-0.05, 0) is 19.4 Å². The van der Waals surface area contributed by atoms with Crippen LogP contribution in [0.15, 0.2) is 30.3 Å². The Kier molecular flexibility index (Phi) is 2.55. The lowest BCUT2D eigenvalue weighted by atomic mass is 10.2. The van der Waals surface area contributed by atoms with Crippen LogP contribution in [0.2, 0.25) is 0 Å². The van der Waals surface area contributed by atoms with E-state index in [4.69, 9.17) is 7.48 Å². The summed E-state index contributed by atoms with van der Waals surface area (Å²) in [4.78, 5) is 0. The Labute approximate surface area is 82.0 Å². The van der Waals surface area contributed by atoms with Gasteiger partial charge in [-0.15, -0.1) is 0 Å². The van der Waals surface area contributed by atoms with Crippen LogP contribution < -0.4 is 0 Å². The Bertz CT molecular complexity index is 273. The quantitative estimate of drug-likeness (QED) is 0.771. The molecule has 2 nitrogen and oxygen atoms in total. The SMILES string of the molecule is [2H]CC(O)(C[2H])COCc1ccccc1. The van der Waals surface area contributed by atoms with Crippen molar-refractivity contribution >= 4 is 0 Å². The minimum absolute atomic E-state index is 0.0366. The van der Waals surface area contributed by atoms with Crippen molar-refractivity contribution in [2.75, 3.05) is 6.61 Å². The minimum atomic E-state index is -1.32. The normalized spacial score (nSPS) is 13.6. The molecule has 72 valence electrons. The lowest BCUT2D eigenvalue weighted by Gasteiger charge is -2.16. The van der Waals surface area contributed by atoms with Crippen LogP contribution in [0.4, 0.5) is 0 Å². The standard InChI is InChI=1S/C11H16O2/c1-11(2,12)9-13-8-10-6-4-3-5-7-10/h3-7,12H,8-9H2,1-2H3/i1D,2D. The van der Waals surface area contributed by atoms with Crippen LogP contribution in [-0.2, 0) is 11.3 Å². The molecule has 0 aliphatic heterocycles. The van der Waals surface area contributed by atoms with Gasteiger partial charge in [0.25, 0.3) is 0 Å². The predicted octanol–water partition coefficient (Wildman–Crippen LogP) is 1.97. The second-order valence-corrected chi connectivity index (χ2v) is 3.20. The lowest BCUT2D eigenvalue weighted by molar-refractivity contribution is -0.0268. The second-order valence-electron chi connectivity index (χ2n) is 3.20. The van der Waals surface area contributed by atoms with Crippen LogP contribution in [-0.4, -0.2) is 17.3 Å². The highest BCUT2D eigenvalue weighted by molar-refractivity contribution is 5.13. The number of rotatable bonds is 4. The molecule has 0 aromatic heterocycles. The highest BCUT2D eigenvalue weighted by Crippen LogP contribution is 2.05. The molecule has 0 saturated carbocycles. The number of aliphatic hydroxyl groups is 1. The van der Waals surface area contributed by atoms with Crippen LogP contribution in [0.1, 0.15) is 22.1 Å². The maximum atomic E-state index is 9.61. The summed E-state index contributed by atoms with van der Waals surface area (Å²) < 4.78 is 19.5. The average molecular weight is 182 g/mol. The van der Waals surface area contributed by atoms with Gasteiger partial charge in [0, 0.05) is 2.74 Å². The third-order valence-corrected chi connectivity index (χ3v) is 1.48. The number of hydrogen-bond donors (Lipinski definition) is 1. The van der Waals surface area contributed by atoms with Crippen LogP contribution in [0.25, 0.3) is 0 Å². The second kappa shape index (κ2) is 4.40. The van der Waals surface area contributed by atoms with Gasteiger partial charge in [-0.2, -0.15) is 0 Å². The fraction of sp³-hybridized carbons (Fsp3) is 0.455. The maximum absolute atomic E-state index is 9.61. The van der Waals surface area contributed by atoms with Crippen molar-refractivity contribution in [1.29, 1.82) is 0 Å². The Morgan fingerprint density at radius 3 is 2.69 bits per heavy atom. The Hall–Kier alpha value is -0.860. The molecule has 0 radical (unpaired) electrons. The van der Waals surface area contributed by atoms with Crippen molar-refractivity contribution in [3.63, 3.8) is 0 Å². The summed E-state index contributed by atoms with van der Waals surface area (Å²) in [6.45, 7) is 0.0363. The summed E-state index contributed by atoms with van der Waals surface area (Å²) in [6.07, 6.45) is 0. The molecule has 0 aliphatic carbocycles. The molecule has 0 saturated heterocycles. The van der Waals surface area contributed by atoms with Gasteiger partial charge in [0.15, 0.2) is 0 Å². The van der Waals surface area contributed by atoms with Gasteiger partial charge in [0.1, 0.15) is 0 Å². The molecule has 0 aliphatic rings. The zero-order chi connectivity index (χ0) is 11.1. The predicted molar refractivity (Wildman–Crippen MR) is 52.4 cm³/mol. The molecule has 1 rings (SSSR count). The molecule has 1 aromatic rings. The van der Waals surface area contributed by atoms with E-state index >= 15 is 0 Å². The first-order chi connectivity index (χ1) is 7.20. The highest BCUT2D eigenvalue weighted by atomic mass is 16.5. The summed E-state index contributed by atoms with van der Waals surface area (Å²) in [5, 5.41) is 9.61. The summed E-state index contributed by atoms with van der Waals surface area (Å²) in [7, 11) is 0. The number of ether oxygens (including phenoxy) is 1. The largest absolute Gasteiger partial charge is 0.388 e. The minimum Gasteiger partial charge on any atom is -0.388 e. The van der Waals surface area contributed by atoms with E-state index in [0.29, 0.717) is 6.61 Å². The first-order valence-electron chi connectivity index (χ1n) is 5.54. The van der Waals surface area contributed by atoms with E-state index in [1.54, 1.807) is 0 Å². The Balaban J connectivity index is 2.33. The van der Waals surface area contributed by atoms with E-state index in [0.717, 1.165) is 5.56 Å². The molecule has 0 unspecified atom stereocenters. The van der Waals surface area contributed by atoms with Crippen molar-refractivity contribution in [2.45, 2.75) is 26.0 Å². The molecular formula is C11H16O2. The molecule has 1 N–H and O–H groups in total. The molecule has 2 heteroatoms. The van der Waals surface area contributed by atoms with Crippen LogP contribution in [0.3, 0.4) is 0 Å². The van der Waals surface area contributed by atoms with E-state index in [-0.39, 0.29) is 20.4 Å².